The van der Waals surface area contributed by atoms with E-state index in [1.807, 2.05) is 6.08 Å². The lowest BCUT2D eigenvalue weighted by Gasteiger charge is -2.02. The van der Waals surface area contributed by atoms with Crippen molar-refractivity contribution in [3.63, 3.8) is 0 Å². The minimum Gasteiger partial charge on any atom is -0.411 e. The molecule has 0 saturated heterocycles. The zero-order chi connectivity index (χ0) is 7.23. The van der Waals surface area contributed by atoms with Gasteiger partial charge in [-0.3, -0.25) is 0 Å². The molecule has 0 heterocycles. The molecule has 1 aliphatic carbocycles. The number of rotatable bonds is 0. The van der Waals surface area contributed by atoms with Crippen LogP contribution in [0.4, 0.5) is 0 Å². The van der Waals surface area contributed by atoms with Gasteiger partial charge in [-0.1, -0.05) is 17.7 Å². The van der Waals surface area contributed by atoms with E-state index in [1.54, 1.807) is 0 Å². The lowest BCUT2D eigenvalue weighted by molar-refractivity contribution is 0.318. The first-order chi connectivity index (χ1) is 4.93. The Bertz CT molecular complexity index is 149. The zero-order valence-electron chi connectivity index (χ0n) is 6.08. The summed E-state index contributed by atoms with van der Waals surface area (Å²) >= 11 is 0. The lowest BCUT2D eigenvalue weighted by atomic mass is 10.1. The number of hydrogen-bond acceptors (Lipinski definition) is 2. The van der Waals surface area contributed by atoms with Crippen molar-refractivity contribution in [2.45, 2.75) is 32.1 Å². The molecule has 1 rings (SSSR count). The molecule has 0 aromatic rings. The average molecular weight is 139 g/mol. The van der Waals surface area contributed by atoms with E-state index in [-0.39, 0.29) is 0 Å². The van der Waals surface area contributed by atoms with Gasteiger partial charge in [-0.15, -0.1) is 0 Å². The monoisotopic (exact) mass is 139 g/mol. The highest BCUT2D eigenvalue weighted by molar-refractivity contribution is 5.94. The van der Waals surface area contributed by atoms with Crippen LogP contribution in [0.15, 0.2) is 17.3 Å². The highest BCUT2D eigenvalue weighted by Gasteiger charge is 1.98. The first-order valence-corrected chi connectivity index (χ1v) is 3.81. The molecule has 0 radical (unpaired) electrons. The maximum Gasteiger partial charge on any atom is 0.0792 e. The number of allylic oxidation sites excluding steroid dienone is 2. The second kappa shape index (κ2) is 4.09. The van der Waals surface area contributed by atoms with Crippen molar-refractivity contribution in [1.82, 2.24) is 0 Å². The Kier molecular flexibility index (Phi) is 3.00. The van der Waals surface area contributed by atoms with Gasteiger partial charge in [-0.2, -0.15) is 0 Å². The van der Waals surface area contributed by atoms with Crippen LogP contribution in [0, 0.1) is 0 Å². The summed E-state index contributed by atoms with van der Waals surface area (Å²) in [6.07, 6.45) is 9.72. The average Bonchev–Trinajstić information content (AvgIpc) is 1.87. The summed E-state index contributed by atoms with van der Waals surface area (Å²) in [5.41, 5.74) is 0.819. The molecule has 10 heavy (non-hydrogen) atoms. The van der Waals surface area contributed by atoms with E-state index < -0.39 is 0 Å². The third-order valence-corrected chi connectivity index (χ3v) is 1.74. The topological polar surface area (TPSA) is 32.6 Å². The molecule has 0 saturated carbocycles. The zero-order valence-corrected chi connectivity index (χ0v) is 6.08. The maximum atomic E-state index is 8.44. The molecule has 0 aliphatic heterocycles. The van der Waals surface area contributed by atoms with E-state index in [9.17, 15) is 0 Å². The Morgan fingerprint density at radius 3 is 3.00 bits per heavy atom. The van der Waals surface area contributed by atoms with Crippen LogP contribution < -0.4 is 0 Å². The fourth-order valence-electron chi connectivity index (χ4n) is 1.13. The van der Waals surface area contributed by atoms with Crippen LogP contribution in [-0.2, 0) is 0 Å². The van der Waals surface area contributed by atoms with Gasteiger partial charge in [-0.05, 0) is 31.8 Å². The molecule has 0 fully saturated rings. The van der Waals surface area contributed by atoms with E-state index in [4.69, 9.17) is 5.21 Å². The first kappa shape index (κ1) is 7.32. The van der Waals surface area contributed by atoms with Gasteiger partial charge in [0.1, 0.15) is 0 Å². The Morgan fingerprint density at radius 1 is 1.30 bits per heavy atom. The van der Waals surface area contributed by atoms with Gasteiger partial charge in [-0.25, -0.2) is 0 Å². The molecular formula is C8H13NO. The van der Waals surface area contributed by atoms with Crippen molar-refractivity contribution in [2.24, 2.45) is 5.16 Å². The summed E-state index contributed by atoms with van der Waals surface area (Å²) < 4.78 is 0. The van der Waals surface area contributed by atoms with Crippen molar-refractivity contribution in [1.29, 1.82) is 0 Å². The molecule has 0 spiro atoms. The Morgan fingerprint density at radius 2 is 2.20 bits per heavy atom. The second-order valence-electron chi connectivity index (χ2n) is 2.59. The molecule has 0 aromatic heterocycles. The minimum atomic E-state index is 0.819. The van der Waals surface area contributed by atoms with Gasteiger partial charge >= 0.3 is 0 Å². The molecule has 0 amide bonds. The van der Waals surface area contributed by atoms with Crippen LogP contribution >= 0.6 is 0 Å². The van der Waals surface area contributed by atoms with Crippen molar-refractivity contribution < 1.29 is 5.21 Å². The van der Waals surface area contributed by atoms with Gasteiger partial charge in [0.05, 0.1) is 5.71 Å². The molecule has 2 nitrogen and oxygen atoms in total. The van der Waals surface area contributed by atoms with E-state index >= 15 is 0 Å². The number of nitrogens with zero attached hydrogens (tertiary/aromatic N) is 1. The smallest absolute Gasteiger partial charge is 0.0792 e. The Balaban J connectivity index is 2.49. The normalized spacial score (nSPS) is 24.2. The van der Waals surface area contributed by atoms with Crippen LogP contribution in [-0.4, -0.2) is 10.9 Å². The van der Waals surface area contributed by atoms with Crippen LogP contribution in [0.25, 0.3) is 0 Å². The molecule has 0 aromatic carbocycles. The molecule has 0 bridgehead atoms. The molecule has 0 unspecified atom stereocenters. The van der Waals surface area contributed by atoms with Crippen molar-refractivity contribution in [3.8, 4) is 0 Å². The van der Waals surface area contributed by atoms with Crippen molar-refractivity contribution in [3.05, 3.63) is 12.2 Å². The molecule has 0 atom stereocenters. The second-order valence-corrected chi connectivity index (χ2v) is 2.59. The van der Waals surface area contributed by atoms with Crippen LogP contribution in [0.2, 0.25) is 0 Å². The SMILES string of the molecule is ON=C1C=CCCCCC1. The van der Waals surface area contributed by atoms with Gasteiger partial charge in [0.2, 0.25) is 0 Å². The van der Waals surface area contributed by atoms with Crippen molar-refractivity contribution in [2.75, 3.05) is 0 Å². The van der Waals surface area contributed by atoms with Crippen LogP contribution in [0.3, 0.4) is 0 Å². The predicted molar refractivity (Wildman–Crippen MR) is 41.4 cm³/mol. The van der Waals surface area contributed by atoms with Crippen LogP contribution in [0.1, 0.15) is 32.1 Å². The number of hydrogen-bond donors (Lipinski definition) is 1. The maximum absolute atomic E-state index is 8.44. The summed E-state index contributed by atoms with van der Waals surface area (Å²) in [6.45, 7) is 0. The van der Waals surface area contributed by atoms with Crippen molar-refractivity contribution >= 4 is 5.71 Å². The van der Waals surface area contributed by atoms with Gasteiger partial charge in [0.15, 0.2) is 0 Å². The summed E-state index contributed by atoms with van der Waals surface area (Å²) in [6, 6.07) is 0. The van der Waals surface area contributed by atoms with E-state index in [1.165, 1.54) is 12.8 Å². The minimum absolute atomic E-state index is 0.819. The molecule has 2 heteroatoms. The number of oxime groups is 1. The van der Waals surface area contributed by atoms with E-state index in [2.05, 4.69) is 11.2 Å². The Labute approximate surface area is 61.2 Å². The first-order valence-electron chi connectivity index (χ1n) is 3.81. The standard InChI is InChI=1S/C8H13NO/c10-9-8-6-4-2-1-3-5-7-8/h4,6,10H,1-3,5,7H2. The quantitative estimate of drug-likeness (QED) is 0.405. The lowest BCUT2D eigenvalue weighted by Crippen LogP contribution is -1.95. The van der Waals surface area contributed by atoms with Gasteiger partial charge < -0.3 is 5.21 Å². The summed E-state index contributed by atoms with van der Waals surface area (Å²) in [4.78, 5) is 0. The third-order valence-electron chi connectivity index (χ3n) is 1.74. The fraction of sp³-hybridized carbons (Fsp3) is 0.625. The largest absolute Gasteiger partial charge is 0.411 e. The Hall–Kier alpha value is -0.790. The molecule has 1 N–H and O–H groups in total. The highest BCUT2D eigenvalue weighted by Crippen LogP contribution is 2.09. The third kappa shape index (κ3) is 2.21. The molecule has 1 aliphatic rings. The van der Waals surface area contributed by atoms with Gasteiger partial charge in [0.25, 0.3) is 0 Å². The van der Waals surface area contributed by atoms with E-state index in [0.29, 0.717) is 0 Å². The summed E-state index contributed by atoms with van der Waals surface area (Å²) in [5, 5.41) is 11.6. The summed E-state index contributed by atoms with van der Waals surface area (Å²) in [7, 11) is 0. The van der Waals surface area contributed by atoms with Crippen LogP contribution in [0.5, 0.6) is 0 Å². The molecule has 56 valence electrons. The fourth-order valence-corrected chi connectivity index (χ4v) is 1.13. The molecular weight excluding hydrogens is 126 g/mol. The summed E-state index contributed by atoms with van der Waals surface area (Å²) in [5.74, 6) is 0. The predicted octanol–water partition coefficient (Wildman–Crippen LogP) is 2.34. The van der Waals surface area contributed by atoms with Gasteiger partial charge in [0, 0.05) is 0 Å². The highest BCUT2D eigenvalue weighted by atomic mass is 16.4. The van der Waals surface area contributed by atoms with E-state index in [0.717, 1.165) is 25.0 Å².